The summed E-state index contributed by atoms with van der Waals surface area (Å²) in [6, 6.07) is 9.38. The molecule has 9 heteroatoms. The third-order valence-corrected chi connectivity index (χ3v) is 8.28. The van der Waals surface area contributed by atoms with E-state index in [-0.39, 0.29) is 28.4 Å². The lowest BCUT2D eigenvalue weighted by Gasteiger charge is -2.44. The van der Waals surface area contributed by atoms with Crippen LogP contribution in [-0.4, -0.2) is 52.7 Å². The van der Waals surface area contributed by atoms with Crippen LogP contribution in [0, 0.1) is 0 Å². The normalized spacial score (nSPS) is 26.9. The number of hydrogen-bond acceptors (Lipinski definition) is 7. The molecule has 3 heterocycles. The van der Waals surface area contributed by atoms with Gasteiger partial charge < -0.3 is 28.3 Å². The summed E-state index contributed by atoms with van der Waals surface area (Å²) in [5.41, 5.74) is 1.74. The summed E-state index contributed by atoms with van der Waals surface area (Å²) < 4.78 is 32.3. The molecule has 0 bridgehead atoms. The molecular formula is C28H32BrNO7. The Kier molecular flexibility index (Phi) is 6.75. The van der Waals surface area contributed by atoms with Crippen molar-refractivity contribution in [2.24, 2.45) is 7.05 Å². The fourth-order valence-electron chi connectivity index (χ4n) is 5.52. The van der Waals surface area contributed by atoms with Crippen molar-refractivity contribution in [1.29, 1.82) is 0 Å². The van der Waals surface area contributed by atoms with Crippen LogP contribution in [0.4, 0.5) is 0 Å². The second-order valence-electron chi connectivity index (χ2n) is 10.3. The number of para-hydroxylation sites is 1. The Morgan fingerprint density at radius 1 is 1.24 bits per heavy atom. The molecule has 0 unspecified atom stereocenters. The Balaban J connectivity index is 1.55. The number of methoxy groups -OCH3 is 1. The minimum absolute atomic E-state index is 0.0752. The van der Waals surface area contributed by atoms with E-state index >= 15 is 0 Å². The Bertz CT molecular complexity index is 1420. The van der Waals surface area contributed by atoms with Crippen LogP contribution in [0.3, 0.4) is 0 Å². The van der Waals surface area contributed by atoms with Crippen molar-refractivity contribution in [3.63, 3.8) is 0 Å². The topological polar surface area (TPSA) is 85.2 Å². The SMILES string of the molecule is COc1cc2c(c3c1c(=O)c1ccccc1n3C)C[C@@H](O[C@H]1C[C@H](Br)[C@@H](OC(C)=O)[C@H](C)O1)C(C)(C)O2. The van der Waals surface area contributed by atoms with Gasteiger partial charge in [0.25, 0.3) is 0 Å². The number of carbonyl (C=O) groups excluding carboxylic acids is 1. The number of aryl methyl sites for hydroxylation is 1. The maximum absolute atomic E-state index is 13.6. The number of hydrogen-bond donors (Lipinski definition) is 0. The smallest absolute Gasteiger partial charge is 0.303 e. The molecule has 0 saturated carbocycles. The predicted molar refractivity (Wildman–Crippen MR) is 144 cm³/mol. The zero-order chi connectivity index (χ0) is 26.6. The molecule has 2 aliphatic heterocycles. The van der Waals surface area contributed by atoms with Crippen molar-refractivity contribution in [1.82, 2.24) is 4.57 Å². The number of pyridine rings is 1. The lowest BCUT2D eigenvalue weighted by molar-refractivity contribution is -0.255. The van der Waals surface area contributed by atoms with Crippen molar-refractivity contribution in [2.45, 2.75) is 75.6 Å². The minimum atomic E-state index is -0.678. The van der Waals surface area contributed by atoms with Gasteiger partial charge in [-0.15, -0.1) is 0 Å². The maximum atomic E-state index is 13.6. The second-order valence-corrected chi connectivity index (χ2v) is 11.5. The van der Waals surface area contributed by atoms with Gasteiger partial charge in [0.2, 0.25) is 5.43 Å². The highest BCUT2D eigenvalue weighted by molar-refractivity contribution is 9.09. The van der Waals surface area contributed by atoms with Gasteiger partial charge in [-0.25, -0.2) is 0 Å². The van der Waals surface area contributed by atoms with Crippen molar-refractivity contribution >= 4 is 43.7 Å². The molecule has 0 amide bonds. The van der Waals surface area contributed by atoms with E-state index in [2.05, 4.69) is 15.9 Å². The fraction of sp³-hybridized carbons (Fsp3) is 0.500. The highest BCUT2D eigenvalue weighted by atomic mass is 79.9. The summed E-state index contributed by atoms with van der Waals surface area (Å²) in [5, 5.41) is 1.16. The van der Waals surface area contributed by atoms with Gasteiger partial charge in [-0.2, -0.15) is 0 Å². The lowest BCUT2D eigenvalue weighted by Crippen LogP contribution is -2.53. The average molecular weight is 574 g/mol. The first-order valence-corrected chi connectivity index (χ1v) is 13.4. The monoisotopic (exact) mass is 573 g/mol. The van der Waals surface area contributed by atoms with Crippen molar-refractivity contribution in [3.05, 3.63) is 46.1 Å². The molecule has 5 atom stereocenters. The van der Waals surface area contributed by atoms with Crippen LogP contribution in [-0.2, 0) is 32.5 Å². The summed E-state index contributed by atoms with van der Waals surface area (Å²) >= 11 is 3.65. The Labute approximate surface area is 223 Å². The second kappa shape index (κ2) is 9.60. The van der Waals surface area contributed by atoms with Crippen LogP contribution >= 0.6 is 15.9 Å². The molecule has 8 nitrogen and oxygen atoms in total. The molecule has 0 N–H and O–H groups in total. The third kappa shape index (κ3) is 4.51. The summed E-state index contributed by atoms with van der Waals surface area (Å²) in [7, 11) is 3.52. The first kappa shape index (κ1) is 26.0. The Hall–Kier alpha value is -2.62. The van der Waals surface area contributed by atoms with Gasteiger partial charge in [0, 0.05) is 43.8 Å². The molecule has 1 aromatic heterocycles. The molecular weight excluding hydrogens is 542 g/mol. The van der Waals surface area contributed by atoms with Crippen LogP contribution in [0.1, 0.15) is 39.7 Å². The van der Waals surface area contributed by atoms with Crippen molar-refractivity contribution < 1.29 is 28.5 Å². The molecule has 37 heavy (non-hydrogen) atoms. The van der Waals surface area contributed by atoms with E-state index in [1.807, 2.05) is 62.7 Å². The van der Waals surface area contributed by atoms with Crippen LogP contribution in [0.25, 0.3) is 21.8 Å². The number of carbonyl (C=O) groups is 1. The molecule has 0 spiro atoms. The van der Waals surface area contributed by atoms with Crippen molar-refractivity contribution in [2.75, 3.05) is 7.11 Å². The summed E-state index contributed by atoms with van der Waals surface area (Å²) in [4.78, 5) is 25.0. The van der Waals surface area contributed by atoms with Gasteiger partial charge in [-0.05, 0) is 32.9 Å². The van der Waals surface area contributed by atoms with E-state index in [1.54, 1.807) is 7.11 Å². The molecule has 1 fully saturated rings. The van der Waals surface area contributed by atoms with Crippen LogP contribution in [0.5, 0.6) is 11.5 Å². The number of aromatic nitrogens is 1. The Morgan fingerprint density at radius 2 is 1.97 bits per heavy atom. The van der Waals surface area contributed by atoms with E-state index in [0.29, 0.717) is 35.1 Å². The van der Waals surface area contributed by atoms with Gasteiger partial charge in [-0.3, -0.25) is 9.59 Å². The standard InChI is InChI=1S/C28H32BrNO7/c1-14-27(35-15(2)31)18(29)12-23(34-14)36-22-11-17-20(37-28(22,3)4)13-21(33-6)24-25(17)30(5)19-10-8-7-9-16(19)26(24)32/h7-10,13-14,18,22-23,27H,11-12H2,1-6H3/t14-,18-,22+,23-,27-/m0/s1. The summed E-state index contributed by atoms with van der Waals surface area (Å²) in [6.07, 6.45) is -0.593. The molecule has 0 aliphatic carbocycles. The molecule has 0 radical (unpaired) electrons. The summed E-state index contributed by atoms with van der Waals surface area (Å²) in [5.74, 6) is 0.812. The van der Waals surface area contributed by atoms with Gasteiger partial charge in [0.1, 0.15) is 29.3 Å². The first-order chi connectivity index (χ1) is 17.5. The molecule has 2 aliphatic rings. The highest BCUT2D eigenvalue weighted by Crippen LogP contribution is 2.43. The number of halogens is 1. The third-order valence-electron chi connectivity index (χ3n) is 7.38. The van der Waals surface area contributed by atoms with E-state index < -0.39 is 18.0 Å². The highest BCUT2D eigenvalue weighted by Gasteiger charge is 2.44. The zero-order valence-electron chi connectivity index (χ0n) is 21.9. The lowest BCUT2D eigenvalue weighted by atomic mass is 9.88. The molecule has 198 valence electrons. The maximum Gasteiger partial charge on any atom is 0.303 e. The van der Waals surface area contributed by atoms with Crippen LogP contribution in [0.15, 0.2) is 35.1 Å². The predicted octanol–water partition coefficient (Wildman–Crippen LogP) is 4.63. The first-order valence-electron chi connectivity index (χ1n) is 12.4. The minimum Gasteiger partial charge on any atom is -0.496 e. The Morgan fingerprint density at radius 3 is 2.65 bits per heavy atom. The van der Waals surface area contributed by atoms with Gasteiger partial charge in [0.05, 0.1) is 34.5 Å². The fourth-order valence-corrected chi connectivity index (χ4v) is 6.37. The quantitative estimate of drug-likeness (QED) is 0.255. The number of esters is 1. The largest absolute Gasteiger partial charge is 0.496 e. The van der Waals surface area contributed by atoms with E-state index in [9.17, 15) is 9.59 Å². The van der Waals surface area contributed by atoms with E-state index in [0.717, 1.165) is 16.6 Å². The molecule has 3 aromatic rings. The number of ether oxygens (including phenoxy) is 5. The van der Waals surface area contributed by atoms with Crippen LogP contribution < -0.4 is 14.9 Å². The number of fused-ring (bicyclic) bond motifs is 4. The number of nitrogens with zero attached hydrogens (tertiary/aromatic N) is 1. The number of benzene rings is 2. The zero-order valence-corrected chi connectivity index (χ0v) is 23.5. The molecule has 2 aromatic carbocycles. The van der Waals surface area contributed by atoms with Crippen LogP contribution in [0.2, 0.25) is 0 Å². The average Bonchev–Trinajstić information content (AvgIpc) is 2.84. The molecule has 1 saturated heterocycles. The van der Waals surface area contributed by atoms with Gasteiger partial charge in [0.15, 0.2) is 6.29 Å². The molecule has 5 rings (SSSR count). The number of alkyl halides is 1. The van der Waals surface area contributed by atoms with Crippen molar-refractivity contribution in [3.8, 4) is 11.5 Å². The van der Waals surface area contributed by atoms with E-state index in [4.69, 9.17) is 23.7 Å². The van der Waals surface area contributed by atoms with E-state index in [1.165, 1.54) is 6.92 Å². The summed E-state index contributed by atoms with van der Waals surface area (Å²) in [6.45, 7) is 7.23. The van der Waals surface area contributed by atoms with Gasteiger partial charge >= 0.3 is 5.97 Å². The number of rotatable bonds is 4. The van der Waals surface area contributed by atoms with Gasteiger partial charge in [-0.1, -0.05) is 28.1 Å².